The summed E-state index contributed by atoms with van der Waals surface area (Å²) >= 11 is 0. The van der Waals surface area contributed by atoms with Crippen molar-refractivity contribution in [2.24, 2.45) is 0 Å². The van der Waals surface area contributed by atoms with Crippen molar-refractivity contribution in [2.75, 3.05) is 19.0 Å². The number of hydrogen-bond acceptors (Lipinski definition) is 4. The van der Waals surface area contributed by atoms with Crippen molar-refractivity contribution >= 4 is 21.6 Å². The zero-order valence-electron chi connectivity index (χ0n) is 13.8. The molecule has 2 N–H and O–H groups in total. The molecule has 0 aliphatic heterocycles. The number of anilines is 1. The third-order valence-corrected chi connectivity index (χ3v) is 5.00. The van der Waals surface area contributed by atoms with Crippen molar-refractivity contribution in [3.63, 3.8) is 0 Å². The molecule has 0 aliphatic rings. The van der Waals surface area contributed by atoms with Crippen LogP contribution in [0.5, 0.6) is 5.75 Å². The van der Waals surface area contributed by atoms with Gasteiger partial charge in [0.25, 0.3) is 5.91 Å². The van der Waals surface area contributed by atoms with E-state index in [0.717, 1.165) is 5.56 Å². The number of benzene rings is 2. The number of methoxy groups -OCH3 is 1. The Morgan fingerprint density at radius 2 is 1.88 bits per heavy atom. The van der Waals surface area contributed by atoms with Gasteiger partial charge in [-0.25, -0.2) is 13.1 Å². The van der Waals surface area contributed by atoms with Gasteiger partial charge in [0.15, 0.2) is 0 Å². The first-order valence-electron chi connectivity index (χ1n) is 7.43. The molecule has 0 aromatic heterocycles. The lowest BCUT2D eigenvalue weighted by Gasteiger charge is -2.13. The van der Waals surface area contributed by atoms with E-state index >= 15 is 0 Å². The van der Waals surface area contributed by atoms with Gasteiger partial charge in [0.2, 0.25) is 10.0 Å². The average Bonchev–Trinajstić information content (AvgIpc) is 2.56. The maximum atomic E-state index is 12.6. The lowest BCUT2D eigenvalue weighted by atomic mass is 10.1. The molecule has 7 heteroatoms. The fourth-order valence-electron chi connectivity index (χ4n) is 2.21. The summed E-state index contributed by atoms with van der Waals surface area (Å²) in [6.07, 6.45) is 0. The Bertz CT molecular complexity index is 847. The first-order chi connectivity index (χ1) is 11.4. The summed E-state index contributed by atoms with van der Waals surface area (Å²) in [5, 5.41) is 2.78. The van der Waals surface area contributed by atoms with Crippen LogP contribution in [0.1, 0.15) is 22.8 Å². The number of nitrogens with one attached hydrogen (secondary N) is 2. The number of hydrogen-bond donors (Lipinski definition) is 2. The average molecular weight is 348 g/mol. The maximum absolute atomic E-state index is 12.6. The summed E-state index contributed by atoms with van der Waals surface area (Å²) in [6.45, 7) is 3.82. The first-order valence-corrected chi connectivity index (χ1v) is 8.92. The van der Waals surface area contributed by atoms with Gasteiger partial charge in [-0.1, -0.05) is 25.1 Å². The standard InChI is InChI=1S/C17H20N2O4S/c1-4-18-24(21,22)13-9-10-16(23-3)14(11-13)17(20)19-15-8-6-5-7-12(15)2/h5-11,18H,4H2,1-3H3,(H,19,20). The van der Waals surface area contributed by atoms with E-state index in [1.54, 1.807) is 13.0 Å². The molecule has 2 aromatic rings. The molecule has 128 valence electrons. The van der Waals surface area contributed by atoms with E-state index in [2.05, 4.69) is 10.0 Å². The van der Waals surface area contributed by atoms with Crippen LogP contribution in [0.4, 0.5) is 5.69 Å². The van der Waals surface area contributed by atoms with E-state index in [9.17, 15) is 13.2 Å². The molecule has 6 nitrogen and oxygen atoms in total. The van der Waals surface area contributed by atoms with Crippen molar-refractivity contribution < 1.29 is 17.9 Å². The summed E-state index contributed by atoms with van der Waals surface area (Å²) in [5.74, 6) is -0.133. The summed E-state index contributed by atoms with van der Waals surface area (Å²) < 4.78 is 31.9. The summed E-state index contributed by atoms with van der Waals surface area (Å²) in [5.41, 5.74) is 1.71. The van der Waals surface area contributed by atoms with Crippen LogP contribution in [-0.2, 0) is 10.0 Å². The highest BCUT2D eigenvalue weighted by Gasteiger charge is 2.19. The number of ether oxygens (including phenoxy) is 1. The number of sulfonamides is 1. The van der Waals surface area contributed by atoms with E-state index in [4.69, 9.17) is 4.74 Å². The maximum Gasteiger partial charge on any atom is 0.259 e. The van der Waals surface area contributed by atoms with Crippen molar-refractivity contribution in [3.05, 3.63) is 53.6 Å². The van der Waals surface area contributed by atoms with Gasteiger partial charge in [0, 0.05) is 12.2 Å². The number of carbonyl (C=O) groups excluding carboxylic acids is 1. The van der Waals surface area contributed by atoms with Gasteiger partial charge in [0.1, 0.15) is 5.75 Å². The van der Waals surface area contributed by atoms with Crippen LogP contribution in [0.15, 0.2) is 47.4 Å². The van der Waals surface area contributed by atoms with Crippen molar-refractivity contribution in [2.45, 2.75) is 18.7 Å². The van der Waals surface area contributed by atoms with Crippen LogP contribution in [0, 0.1) is 6.92 Å². The predicted molar refractivity (Wildman–Crippen MR) is 93.0 cm³/mol. The van der Waals surface area contributed by atoms with Gasteiger partial charge in [-0.2, -0.15) is 0 Å². The fraction of sp³-hybridized carbons (Fsp3) is 0.235. The molecule has 0 saturated carbocycles. The Morgan fingerprint density at radius 3 is 2.50 bits per heavy atom. The highest BCUT2D eigenvalue weighted by molar-refractivity contribution is 7.89. The summed E-state index contributed by atoms with van der Waals surface area (Å²) in [7, 11) is -2.23. The quantitative estimate of drug-likeness (QED) is 0.840. The van der Waals surface area contributed by atoms with Crippen LogP contribution < -0.4 is 14.8 Å². The van der Waals surface area contributed by atoms with Gasteiger partial charge in [-0.3, -0.25) is 4.79 Å². The number of para-hydroxylation sites is 1. The van der Waals surface area contributed by atoms with E-state index in [1.165, 1.54) is 25.3 Å². The summed E-state index contributed by atoms with van der Waals surface area (Å²) in [4.78, 5) is 12.6. The van der Waals surface area contributed by atoms with Crippen LogP contribution in [0.3, 0.4) is 0 Å². The second-order valence-corrected chi connectivity index (χ2v) is 6.90. The second-order valence-electron chi connectivity index (χ2n) is 5.13. The molecule has 0 unspecified atom stereocenters. The zero-order chi connectivity index (χ0) is 17.7. The van der Waals surface area contributed by atoms with Crippen molar-refractivity contribution in [1.29, 1.82) is 0 Å². The SMILES string of the molecule is CCNS(=O)(=O)c1ccc(OC)c(C(=O)Nc2ccccc2C)c1. The Balaban J connectivity index is 2.41. The highest BCUT2D eigenvalue weighted by Crippen LogP contribution is 2.24. The lowest BCUT2D eigenvalue weighted by Crippen LogP contribution is -2.24. The van der Waals surface area contributed by atoms with Crippen molar-refractivity contribution in [3.8, 4) is 5.75 Å². The molecule has 0 bridgehead atoms. The molecule has 0 spiro atoms. The minimum absolute atomic E-state index is 0.0140. The van der Waals surface area contributed by atoms with E-state index in [-0.39, 0.29) is 17.0 Å². The number of aryl methyl sites for hydroxylation is 1. The Kier molecular flexibility index (Phi) is 5.58. The normalized spacial score (nSPS) is 11.1. The van der Waals surface area contributed by atoms with E-state index in [1.807, 2.05) is 25.1 Å². The number of amides is 1. The minimum Gasteiger partial charge on any atom is -0.496 e. The molecule has 2 aromatic carbocycles. The van der Waals surface area contributed by atoms with E-state index < -0.39 is 15.9 Å². The van der Waals surface area contributed by atoms with Crippen LogP contribution >= 0.6 is 0 Å². The largest absolute Gasteiger partial charge is 0.496 e. The van der Waals surface area contributed by atoms with Crippen LogP contribution in [-0.4, -0.2) is 28.0 Å². The van der Waals surface area contributed by atoms with Crippen LogP contribution in [0.25, 0.3) is 0 Å². The molecular weight excluding hydrogens is 328 g/mol. The molecule has 0 aliphatic carbocycles. The minimum atomic E-state index is -3.66. The summed E-state index contributed by atoms with van der Waals surface area (Å²) in [6, 6.07) is 11.5. The lowest BCUT2D eigenvalue weighted by molar-refractivity contribution is 0.102. The Labute approximate surface area is 141 Å². The zero-order valence-corrected chi connectivity index (χ0v) is 14.6. The predicted octanol–water partition coefficient (Wildman–Crippen LogP) is 2.55. The van der Waals surface area contributed by atoms with E-state index in [0.29, 0.717) is 11.4 Å². The third kappa shape index (κ3) is 3.93. The van der Waals surface area contributed by atoms with Crippen molar-refractivity contribution in [1.82, 2.24) is 4.72 Å². The number of carbonyl (C=O) groups is 1. The molecule has 0 heterocycles. The van der Waals surface area contributed by atoms with Gasteiger partial charge in [-0.15, -0.1) is 0 Å². The monoisotopic (exact) mass is 348 g/mol. The van der Waals surface area contributed by atoms with Crippen LogP contribution in [0.2, 0.25) is 0 Å². The Hall–Kier alpha value is -2.38. The van der Waals surface area contributed by atoms with Gasteiger partial charge < -0.3 is 10.1 Å². The Morgan fingerprint density at radius 1 is 1.17 bits per heavy atom. The smallest absolute Gasteiger partial charge is 0.259 e. The first kappa shape index (κ1) is 18.0. The highest BCUT2D eigenvalue weighted by atomic mass is 32.2. The molecular formula is C17H20N2O4S. The number of rotatable bonds is 6. The molecule has 2 rings (SSSR count). The van der Waals surface area contributed by atoms with Gasteiger partial charge >= 0.3 is 0 Å². The second kappa shape index (κ2) is 7.46. The molecule has 0 saturated heterocycles. The fourth-order valence-corrected chi connectivity index (χ4v) is 3.27. The topological polar surface area (TPSA) is 84.5 Å². The molecule has 0 atom stereocenters. The third-order valence-electron chi connectivity index (χ3n) is 3.45. The molecule has 0 radical (unpaired) electrons. The molecule has 24 heavy (non-hydrogen) atoms. The van der Waals surface area contributed by atoms with Gasteiger partial charge in [0.05, 0.1) is 17.6 Å². The molecule has 1 amide bonds. The van der Waals surface area contributed by atoms with Gasteiger partial charge in [-0.05, 0) is 36.8 Å². The molecule has 0 fully saturated rings.